The van der Waals surface area contributed by atoms with Crippen molar-refractivity contribution in [3.8, 4) is 11.9 Å². The monoisotopic (exact) mass is 478 g/mol. The Balaban J connectivity index is 1.92. The average molecular weight is 478 g/mol. The lowest BCUT2D eigenvalue weighted by Crippen LogP contribution is -2.42. The molecule has 3 rings (SSSR count). The molecule has 180 valence electrons. The van der Waals surface area contributed by atoms with Crippen molar-refractivity contribution in [3.05, 3.63) is 47.9 Å². The summed E-state index contributed by atoms with van der Waals surface area (Å²) in [7, 11) is 0. The van der Waals surface area contributed by atoms with Crippen LogP contribution in [0, 0.1) is 11.3 Å². The molecule has 0 aliphatic rings. The van der Waals surface area contributed by atoms with Crippen LogP contribution in [0.2, 0.25) is 0 Å². The number of fused-ring (bicyclic) bond motifs is 1. The number of pyridine rings is 2. The maximum atomic E-state index is 14.0. The summed E-state index contributed by atoms with van der Waals surface area (Å²) in [5.74, 6) is -0.507. The lowest BCUT2D eigenvalue weighted by Gasteiger charge is -2.22. The van der Waals surface area contributed by atoms with E-state index in [1.165, 1.54) is 26.1 Å². The number of anilines is 1. The Morgan fingerprint density at radius 3 is 2.65 bits per heavy atom. The molecule has 3 aromatic heterocycles. The van der Waals surface area contributed by atoms with Gasteiger partial charge in [0, 0.05) is 36.6 Å². The van der Waals surface area contributed by atoms with Gasteiger partial charge in [-0.3, -0.25) is 9.36 Å². The Kier molecular flexibility index (Phi) is 7.07. The summed E-state index contributed by atoms with van der Waals surface area (Å²) in [5.41, 5.74) is -0.907. The van der Waals surface area contributed by atoms with E-state index in [-0.39, 0.29) is 17.1 Å². The molecule has 0 aliphatic carbocycles. The van der Waals surface area contributed by atoms with Crippen molar-refractivity contribution in [2.75, 3.05) is 18.4 Å². The molecule has 0 saturated heterocycles. The number of amides is 1. The van der Waals surface area contributed by atoms with Crippen LogP contribution in [0.15, 0.2) is 36.8 Å². The molecule has 0 spiro atoms. The fraction of sp³-hybridized carbons (Fsp3) is 0.364. The Morgan fingerprint density at radius 1 is 1.26 bits per heavy atom. The van der Waals surface area contributed by atoms with Gasteiger partial charge in [0.2, 0.25) is 0 Å². The van der Waals surface area contributed by atoms with Crippen molar-refractivity contribution in [1.82, 2.24) is 19.9 Å². The predicted octanol–water partition coefficient (Wildman–Crippen LogP) is 3.50. The minimum atomic E-state index is -4.40. The van der Waals surface area contributed by atoms with Gasteiger partial charge < -0.3 is 15.7 Å². The van der Waals surface area contributed by atoms with Crippen LogP contribution in [0.4, 0.5) is 23.2 Å². The molecule has 1 atom stereocenters. The van der Waals surface area contributed by atoms with Gasteiger partial charge in [-0.2, -0.15) is 18.4 Å². The van der Waals surface area contributed by atoms with E-state index in [1.54, 1.807) is 22.9 Å². The highest BCUT2D eigenvalue weighted by Crippen LogP contribution is 2.25. The molecule has 1 unspecified atom stereocenters. The van der Waals surface area contributed by atoms with E-state index >= 15 is 0 Å². The fourth-order valence-corrected chi connectivity index (χ4v) is 3.04. The van der Waals surface area contributed by atoms with E-state index in [1.807, 2.05) is 6.07 Å². The molecule has 0 bridgehead atoms. The predicted molar refractivity (Wildman–Crippen MR) is 116 cm³/mol. The first-order chi connectivity index (χ1) is 15.9. The molecule has 3 aromatic rings. The zero-order chi connectivity index (χ0) is 25.1. The summed E-state index contributed by atoms with van der Waals surface area (Å²) in [6.07, 6.45) is -3.15. The number of aliphatic hydroxyl groups is 1. The second kappa shape index (κ2) is 9.64. The molecule has 1 amide bonds. The largest absolute Gasteiger partial charge is 0.390 e. The highest BCUT2D eigenvalue weighted by Gasteiger charge is 2.28. The smallest absolute Gasteiger partial charge is 0.387 e. The fourth-order valence-electron chi connectivity index (χ4n) is 3.04. The topological polar surface area (TPSA) is 116 Å². The lowest BCUT2D eigenvalue weighted by molar-refractivity contribution is -0.131. The summed E-state index contributed by atoms with van der Waals surface area (Å²) >= 11 is 0. The van der Waals surface area contributed by atoms with Crippen LogP contribution >= 0.6 is 0 Å². The van der Waals surface area contributed by atoms with E-state index in [4.69, 9.17) is 5.26 Å². The second-order valence-corrected chi connectivity index (χ2v) is 8.15. The molecule has 0 saturated carbocycles. The van der Waals surface area contributed by atoms with Gasteiger partial charge >= 0.3 is 6.18 Å². The van der Waals surface area contributed by atoms with Gasteiger partial charge in [0.1, 0.15) is 23.7 Å². The summed E-state index contributed by atoms with van der Waals surface area (Å²) in [6.45, 7) is 1.50. The zero-order valence-electron chi connectivity index (χ0n) is 18.3. The lowest BCUT2D eigenvalue weighted by atomic mass is 10.0. The van der Waals surface area contributed by atoms with Crippen molar-refractivity contribution in [1.29, 1.82) is 5.26 Å². The molecule has 0 fully saturated rings. The molecule has 0 aliphatic heterocycles. The van der Waals surface area contributed by atoms with Gasteiger partial charge in [0.15, 0.2) is 0 Å². The van der Waals surface area contributed by atoms with Crippen molar-refractivity contribution in [2.24, 2.45) is 0 Å². The maximum Gasteiger partial charge on any atom is 0.390 e. The third kappa shape index (κ3) is 5.99. The number of aromatic nitrogens is 3. The van der Waals surface area contributed by atoms with Crippen molar-refractivity contribution in [3.63, 3.8) is 0 Å². The van der Waals surface area contributed by atoms with Crippen LogP contribution in [0.1, 0.15) is 36.2 Å². The number of halogens is 4. The first kappa shape index (κ1) is 24.9. The molecule has 3 heterocycles. The second-order valence-electron chi connectivity index (χ2n) is 8.15. The van der Waals surface area contributed by atoms with Gasteiger partial charge in [0.05, 0.1) is 35.4 Å². The Morgan fingerprint density at radius 2 is 2.00 bits per heavy atom. The van der Waals surface area contributed by atoms with Crippen LogP contribution in [0.3, 0.4) is 0 Å². The maximum absolute atomic E-state index is 14.0. The Hall–Kier alpha value is -3.72. The van der Waals surface area contributed by atoms with Crippen LogP contribution in [0.25, 0.3) is 16.9 Å². The van der Waals surface area contributed by atoms with Crippen molar-refractivity contribution >= 4 is 22.6 Å². The Labute approximate surface area is 192 Å². The highest BCUT2D eigenvalue weighted by molar-refractivity contribution is 5.99. The van der Waals surface area contributed by atoms with E-state index in [0.717, 1.165) is 6.20 Å². The number of alkyl halides is 4. The number of carbonyl (C=O) groups excluding carboxylic acids is 1. The molecule has 0 aromatic carbocycles. The number of carbonyl (C=O) groups is 1. The number of nitriles is 1. The molecular weight excluding hydrogens is 456 g/mol. The minimum Gasteiger partial charge on any atom is -0.387 e. The third-order valence-electron chi connectivity index (χ3n) is 4.97. The highest BCUT2D eigenvalue weighted by atomic mass is 19.4. The van der Waals surface area contributed by atoms with E-state index in [0.29, 0.717) is 16.6 Å². The Bertz CT molecular complexity index is 1230. The van der Waals surface area contributed by atoms with Crippen LogP contribution in [0.5, 0.6) is 0 Å². The number of nitrogens with zero attached hydrogens (tertiary/aromatic N) is 4. The summed E-state index contributed by atoms with van der Waals surface area (Å²) in [4.78, 5) is 21.1. The number of nitrogens with one attached hydrogen (secondary N) is 2. The zero-order valence-corrected chi connectivity index (χ0v) is 18.3. The van der Waals surface area contributed by atoms with Gasteiger partial charge in [-0.1, -0.05) is 0 Å². The van der Waals surface area contributed by atoms with Crippen LogP contribution < -0.4 is 10.6 Å². The first-order valence-corrected chi connectivity index (χ1v) is 10.2. The van der Waals surface area contributed by atoms with Gasteiger partial charge in [-0.15, -0.1) is 0 Å². The van der Waals surface area contributed by atoms with Crippen molar-refractivity contribution in [2.45, 2.75) is 38.2 Å². The van der Waals surface area contributed by atoms with Crippen LogP contribution in [-0.2, 0) is 0 Å². The third-order valence-corrected chi connectivity index (χ3v) is 4.97. The number of hydrogen-bond donors (Lipinski definition) is 3. The van der Waals surface area contributed by atoms with E-state index in [9.17, 15) is 27.5 Å². The minimum absolute atomic E-state index is 0.0564. The van der Waals surface area contributed by atoms with Gasteiger partial charge in [-0.25, -0.2) is 14.4 Å². The van der Waals surface area contributed by atoms with Crippen molar-refractivity contribution < 1.29 is 27.5 Å². The quantitative estimate of drug-likeness (QED) is 0.427. The SMILES string of the molecule is CC(C)(O)C(F)CNC(=O)c1cnc(-n2ccc3cc(C#N)cnc32)cc1NCCC(F)(F)F. The molecule has 3 N–H and O–H groups in total. The number of rotatable bonds is 8. The molecule has 0 radical (unpaired) electrons. The van der Waals surface area contributed by atoms with E-state index < -0.39 is 43.4 Å². The average Bonchev–Trinajstić information content (AvgIpc) is 3.18. The van der Waals surface area contributed by atoms with Gasteiger partial charge in [0.25, 0.3) is 5.91 Å². The standard InChI is InChI=1S/C22H22F4N6O2/c1-21(2,34)17(23)12-31-20(33)15-11-29-18(8-16(15)28-5-4-22(24,25)26)32-6-3-14-7-13(9-27)10-30-19(14)32/h3,6-8,10-11,17,34H,4-5,12H2,1-2H3,(H,28,29)(H,31,33). The molecular formula is C22H22F4N6O2. The molecule has 34 heavy (non-hydrogen) atoms. The normalized spacial score (nSPS) is 12.9. The number of hydrogen-bond acceptors (Lipinski definition) is 6. The summed E-state index contributed by atoms with van der Waals surface area (Å²) in [5, 5.41) is 24.3. The first-order valence-electron chi connectivity index (χ1n) is 10.2. The van der Waals surface area contributed by atoms with Crippen LogP contribution in [-0.4, -0.2) is 56.6 Å². The molecule has 12 heteroatoms. The summed E-state index contributed by atoms with van der Waals surface area (Å²) < 4.78 is 53.5. The van der Waals surface area contributed by atoms with Gasteiger partial charge in [-0.05, 0) is 26.0 Å². The summed E-state index contributed by atoms with van der Waals surface area (Å²) in [6, 6.07) is 6.69. The molecule has 8 nitrogen and oxygen atoms in total. The van der Waals surface area contributed by atoms with E-state index in [2.05, 4.69) is 20.6 Å².